The molecular formula is C14H17Cl2NO. The van der Waals surface area contributed by atoms with Crippen LogP contribution in [-0.4, -0.2) is 29.8 Å². The van der Waals surface area contributed by atoms with Crippen LogP contribution in [0.2, 0.25) is 10.0 Å². The molecule has 0 spiro atoms. The fourth-order valence-corrected chi connectivity index (χ4v) is 2.62. The monoisotopic (exact) mass is 285 g/mol. The molecule has 0 saturated heterocycles. The van der Waals surface area contributed by atoms with Crippen LogP contribution >= 0.6 is 23.2 Å². The predicted octanol–water partition coefficient (Wildman–Crippen LogP) is 4.05. The highest BCUT2D eigenvalue weighted by atomic mass is 35.5. The molecule has 1 aliphatic carbocycles. The average Bonchev–Trinajstić information content (AvgIpc) is 3.11. The van der Waals surface area contributed by atoms with Gasteiger partial charge in [0.15, 0.2) is 5.78 Å². The fraction of sp³-hybridized carbons (Fsp3) is 0.500. The first kappa shape index (κ1) is 13.9. The minimum atomic E-state index is 0.0806. The summed E-state index contributed by atoms with van der Waals surface area (Å²) < 4.78 is 0. The molecule has 1 aliphatic rings. The summed E-state index contributed by atoms with van der Waals surface area (Å²) >= 11 is 11.9. The largest absolute Gasteiger partial charge is 0.293 e. The van der Waals surface area contributed by atoms with E-state index in [9.17, 15) is 4.79 Å². The smallest absolute Gasteiger partial charge is 0.178 e. The Kier molecular flexibility index (Phi) is 4.66. The maximum absolute atomic E-state index is 12.2. The molecule has 0 aliphatic heterocycles. The van der Waals surface area contributed by atoms with Gasteiger partial charge >= 0.3 is 0 Å². The molecule has 1 saturated carbocycles. The number of Topliss-reactive ketones (excluding diaryl/α,β-unsaturated/α-hetero) is 1. The number of nitrogens with zero attached hydrogens (tertiary/aromatic N) is 1. The van der Waals surface area contributed by atoms with Gasteiger partial charge in [-0.3, -0.25) is 9.69 Å². The maximum atomic E-state index is 12.2. The summed E-state index contributed by atoms with van der Waals surface area (Å²) in [5.74, 6) is 0.0806. The van der Waals surface area contributed by atoms with Gasteiger partial charge in [0.25, 0.3) is 0 Å². The molecule has 0 N–H and O–H groups in total. The van der Waals surface area contributed by atoms with Crippen molar-refractivity contribution in [2.24, 2.45) is 0 Å². The summed E-state index contributed by atoms with van der Waals surface area (Å²) in [6, 6.07) is 5.64. The van der Waals surface area contributed by atoms with Gasteiger partial charge in [-0.2, -0.15) is 0 Å². The van der Waals surface area contributed by atoms with E-state index >= 15 is 0 Å². The van der Waals surface area contributed by atoms with Crippen molar-refractivity contribution in [3.05, 3.63) is 33.8 Å². The fourth-order valence-electron chi connectivity index (χ4n) is 2.10. The Labute approximate surface area is 118 Å². The van der Waals surface area contributed by atoms with E-state index in [4.69, 9.17) is 23.2 Å². The van der Waals surface area contributed by atoms with E-state index in [1.807, 2.05) is 0 Å². The Hall–Kier alpha value is -0.570. The normalized spacial score (nSPS) is 15.1. The first-order valence-electron chi connectivity index (χ1n) is 6.34. The standard InChI is InChI=1S/C14H17Cl2NO/c1-2-7-17(11-4-5-11)9-14(18)12-6-3-10(15)8-13(12)16/h3,6,8,11H,2,4-5,7,9H2,1H3. The van der Waals surface area contributed by atoms with Crippen LogP contribution in [0.4, 0.5) is 0 Å². The number of carbonyl (C=O) groups is 1. The Balaban J connectivity index is 2.05. The van der Waals surface area contributed by atoms with E-state index in [1.165, 1.54) is 12.8 Å². The highest BCUT2D eigenvalue weighted by molar-refractivity contribution is 6.36. The molecule has 4 heteroatoms. The predicted molar refractivity (Wildman–Crippen MR) is 75.7 cm³/mol. The molecule has 0 heterocycles. The highest BCUT2D eigenvalue weighted by Crippen LogP contribution is 2.28. The second kappa shape index (κ2) is 6.05. The molecule has 2 nitrogen and oxygen atoms in total. The van der Waals surface area contributed by atoms with Crippen LogP contribution in [0.1, 0.15) is 36.5 Å². The first-order valence-corrected chi connectivity index (χ1v) is 7.09. The van der Waals surface area contributed by atoms with E-state index < -0.39 is 0 Å². The van der Waals surface area contributed by atoms with Crippen molar-refractivity contribution in [1.82, 2.24) is 4.90 Å². The first-order chi connectivity index (χ1) is 8.61. The lowest BCUT2D eigenvalue weighted by atomic mass is 10.1. The minimum absolute atomic E-state index is 0.0806. The lowest BCUT2D eigenvalue weighted by molar-refractivity contribution is 0.0925. The number of ketones is 1. The number of rotatable bonds is 6. The summed E-state index contributed by atoms with van der Waals surface area (Å²) in [5, 5.41) is 1.00. The van der Waals surface area contributed by atoms with Crippen molar-refractivity contribution in [3.8, 4) is 0 Å². The molecule has 0 unspecified atom stereocenters. The second-order valence-corrected chi connectivity index (χ2v) is 5.59. The van der Waals surface area contributed by atoms with Crippen molar-refractivity contribution in [2.45, 2.75) is 32.2 Å². The number of carbonyl (C=O) groups excluding carboxylic acids is 1. The molecule has 0 amide bonds. The lowest BCUT2D eigenvalue weighted by Gasteiger charge is -2.20. The zero-order valence-corrected chi connectivity index (χ0v) is 12.0. The van der Waals surface area contributed by atoms with Gasteiger partial charge in [-0.1, -0.05) is 30.1 Å². The zero-order chi connectivity index (χ0) is 13.1. The number of hydrogen-bond acceptors (Lipinski definition) is 2. The van der Waals surface area contributed by atoms with Gasteiger partial charge < -0.3 is 0 Å². The van der Waals surface area contributed by atoms with Crippen LogP contribution < -0.4 is 0 Å². The Morgan fingerprint density at radius 3 is 2.67 bits per heavy atom. The summed E-state index contributed by atoms with van der Waals surface area (Å²) in [5.41, 5.74) is 0.572. The number of halogens is 2. The van der Waals surface area contributed by atoms with E-state index in [2.05, 4.69) is 11.8 Å². The Morgan fingerprint density at radius 2 is 2.11 bits per heavy atom. The minimum Gasteiger partial charge on any atom is -0.293 e. The molecular weight excluding hydrogens is 269 g/mol. The summed E-state index contributed by atoms with van der Waals surface area (Å²) in [7, 11) is 0. The quantitative estimate of drug-likeness (QED) is 0.735. The van der Waals surface area contributed by atoms with Crippen LogP contribution in [0.5, 0.6) is 0 Å². The van der Waals surface area contributed by atoms with Crippen LogP contribution in [0.25, 0.3) is 0 Å². The molecule has 0 bridgehead atoms. The maximum Gasteiger partial charge on any atom is 0.178 e. The van der Waals surface area contributed by atoms with Gasteiger partial charge in [0.2, 0.25) is 0 Å². The van der Waals surface area contributed by atoms with Crippen LogP contribution in [0, 0.1) is 0 Å². The van der Waals surface area contributed by atoms with Crippen molar-refractivity contribution in [3.63, 3.8) is 0 Å². The van der Waals surface area contributed by atoms with Gasteiger partial charge in [-0.15, -0.1) is 0 Å². The summed E-state index contributed by atoms with van der Waals surface area (Å²) in [6.07, 6.45) is 3.49. The molecule has 1 fully saturated rings. The van der Waals surface area contributed by atoms with Crippen LogP contribution in [-0.2, 0) is 0 Å². The molecule has 1 aromatic carbocycles. The van der Waals surface area contributed by atoms with Crippen molar-refractivity contribution in [2.75, 3.05) is 13.1 Å². The van der Waals surface area contributed by atoms with E-state index in [0.717, 1.165) is 13.0 Å². The van der Waals surface area contributed by atoms with Crippen LogP contribution in [0.3, 0.4) is 0 Å². The van der Waals surface area contributed by atoms with Gasteiger partial charge in [-0.25, -0.2) is 0 Å². The molecule has 0 atom stereocenters. The zero-order valence-electron chi connectivity index (χ0n) is 10.5. The summed E-state index contributed by atoms with van der Waals surface area (Å²) in [4.78, 5) is 14.5. The Bertz CT molecular complexity index is 443. The highest BCUT2D eigenvalue weighted by Gasteiger charge is 2.30. The van der Waals surface area contributed by atoms with E-state index in [-0.39, 0.29) is 5.78 Å². The third-order valence-corrected chi connectivity index (χ3v) is 3.70. The molecule has 18 heavy (non-hydrogen) atoms. The third-order valence-electron chi connectivity index (χ3n) is 3.15. The molecule has 0 aromatic heterocycles. The average molecular weight is 286 g/mol. The van der Waals surface area contributed by atoms with Gasteiger partial charge in [0, 0.05) is 16.6 Å². The summed E-state index contributed by atoms with van der Waals surface area (Å²) in [6.45, 7) is 3.57. The second-order valence-electron chi connectivity index (χ2n) is 4.75. The molecule has 2 rings (SSSR count). The topological polar surface area (TPSA) is 20.3 Å². The number of hydrogen-bond donors (Lipinski definition) is 0. The van der Waals surface area contributed by atoms with Crippen molar-refractivity contribution >= 4 is 29.0 Å². The third kappa shape index (κ3) is 3.47. The number of benzene rings is 1. The van der Waals surface area contributed by atoms with Gasteiger partial charge in [0.05, 0.1) is 11.6 Å². The van der Waals surface area contributed by atoms with Gasteiger partial charge in [0.1, 0.15) is 0 Å². The molecule has 98 valence electrons. The van der Waals surface area contributed by atoms with E-state index in [1.54, 1.807) is 18.2 Å². The lowest BCUT2D eigenvalue weighted by Crippen LogP contribution is -2.32. The SMILES string of the molecule is CCCN(CC(=O)c1ccc(Cl)cc1Cl)C1CC1. The van der Waals surface area contributed by atoms with E-state index in [0.29, 0.717) is 28.2 Å². The van der Waals surface area contributed by atoms with Gasteiger partial charge in [-0.05, 0) is 44.0 Å². The molecule has 0 radical (unpaired) electrons. The van der Waals surface area contributed by atoms with Crippen molar-refractivity contribution in [1.29, 1.82) is 0 Å². The Morgan fingerprint density at radius 1 is 1.39 bits per heavy atom. The molecule has 1 aromatic rings. The van der Waals surface area contributed by atoms with Crippen molar-refractivity contribution < 1.29 is 4.79 Å². The van der Waals surface area contributed by atoms with Crippen LogP contribution in [0.15, 0.2) is 18.2 Å².